The minimum Gasteiger partial charge on any atom is -0.394 e. The van der Waals surface area contributed by atoms with Crippen LogP contribution >= 0.6 is 0 Å². The lowest BCUT2D eigenvalue weighted by molar-refractivity contribution is -0.260. The van der Waals surface area contributed by atoms with E-state index in [1.165, 1.54) is 0 Å². The third-order valence-electron chi connectivity index (χ3n) is 7.53. The Kier molecular flexibility index (Phi) is 12.3. The van der Waals surface area contributed by atoms with Gasteiger partial charge in [0.25, 0.3) is 0 Å². The first-order chi connectivity index (χ1) is 21.3. The highest BCUT2D eigenvalue weighted by atomic mass is 16.6. The summed E-state index contributed by atoms with van der Waals surface area (Å²) in [5.74, 6) is -3.67. The first-order valence-electron chi connectivity index (χ1n) is 13.8. The van der Waals surface area contributed by atoms with Crippen LogP contribution in [0.1, 0.15) is 0 Å². The molecule has 0 aliphatic carbocycles. The summed E-state index contributed by atoms with van der Waals surface area (Å²) < 4.78 is 5.53. The number of carbonyl (C=O) groups excluding carboxylic acids is 4. The fraction of sp³-hybridized carbons (Fsp3) is 0.739. The average molecular weight is 649 g/mol. The first-order valence-corrected chi connectivity index (χ1v) is 13.8. The molecule has 3 rings (SSSR count). The smallest absolute Gasteiger partial charge is 0.249 e. The van der Waals surface area contributed by atoms with Gasteiger partial charge in [-0.2, -0.15) is 0 Å². The van der Waals surface area contributed by atoms with Gasteiger partial charge in [0.15, 0.2) is 18.1 Å². The molecule has 3 amide bonds. The Bertz CT molecular complexity index is 1140. The third-order valence-corrected chi connectivity index (χ3v) is 7.53. The van der Waals surface area contributed by atoms with E-state index >= 15 is 0 Å². The van der Waals surface area contributed by atoms with Gasteiger partial charge in [-0.25, -0.2) is 4.99 Å². The van der Waals surface area contributed by atoms with Crippen molar-refractivity contribution in [3.63, 3.8) is 0 Å². The summed E-state index contributed by atoms with van der Waals surface area (Å²) in [5.41, 5.74) is 17.1. The maximum atomic E-state index is 13.6. The highest BCUT2D eigenvalue weighted by molar-refractivity contribution is 5.94. The first kappa shape index (κ1) is 35.7. The lowest BCUT2D eigenvalue weighted by Crippen LogP contribution is -2.69. The van der Waals surface area contributed by atoms with Gasteiger partial charge in [0.1, 0.15) is 61.1 Å². The molecular formula is C23H40N10O12. The Morgan fingerprint density at radius 3 is 2.29 bits per heavy atom. The predicted octanol–water partition coefficient (Wildman–Crippen LogP) is -10.3. The molecule has 1 fully saturated rings. The van der Waals surface area contributed by atoms with Crippen molar-refractivity contribution < 1.29 is 59.7 Å². The molecule has 3 aliphatic rings. The quantitative estimate of drug-likeness (QED) is 0.0777. The molecule has 0 aromatic carbocycles. The average Bonchev–Trinajstić information content (AvgIpc) is 3.63. The van der Waals surface area contributed by atoms with E-state index in [-0.39, 0.29) is 25.0 Å². The molecule has 3 aliphatic heterocycles. The van der Waals surface area contributed by atoms with Crippen molar-refractivity contribution in [1.29, 1.82) is 0 Å². The summed E-state index contributed by atoms with van der Waals surface area (Å²) in [6, 6.07) is -6.65. The Hall–Kier alpha value is -3.74. The monoisotopic (exact) mass is 648 g/mol. The van der Waals surface area contributed by atoms with Crippen molar-refractivity contribution in [2.24, 2.45) is 27.2 Å². The molecule has 22 heteroatoms. The maximum absolute atomic E-state index is 13.6. The number of nitrogens with zero attached hydrogens (tertiary/aromatic N) is 4. The van der Waals surface area contributed by atoms with Gasteiger partial charge in [0.05, 0.1) is 45.5 Å². The molecule has 0 spiro atoms. The van der Waals surface area contributed by atoms with Crippen LogP contribution in [0.4, 0.5) is 0 Å². The number of rotatable bonds is 14. The number of aliphatic hydroxyl groups excluding tert-OH is 7. The van der Waals surface area contributed by atoms with E-state index in [2.05, 4.69) is 25.9 Å². The van der Waals surface area contributed by atoms with Gasteiger partial charge < -0.3 is 88.2 Å². The van der Waals surface area contributed by atoms with E-state index in [0.29, 0.717) is 6.29 Å². The number of guanidine groups is 2. The number of ether oxygens (including phenoxy) is 1. The maximum Gasteiger partial charge on any atom is 0.249 e. The van der Waals surface area contributed by atoms with E-state index < -0.39 is 111 Å². The molecule has 3 heterocycles. The molecule has 11 atom stereocenters. The molecule has 16 N–H and O–H groups in total. The second kappa shape index (κ2) is 15.5. The summed E-state index contributed by atoms with van der Waals surface area (Å²) >= 11 is 0. The van der Waals surface area contributed by atoms with E-state index in [1.807, 2.05) is 0 Å². The number of aldehydes is 1. The van der Waals surface area contributed by atoms with Crippen LogP contribution in [0.15, 0.2) is 9.98 Å². The van der Waals surface area contributed by atoms with Crippen LogP contribution in [0.25, 0.3) is 0 Å². The number of nitrogens with one attached hydrogen (secondary N) is 3. The fourth-order valence-electron chi connectivity index (χ4n) is 5.02. The highest BCUT2D eigenvalue weighted by Gasteiger charge is 2.51. The second-order valence-electron chi connectivity index (χ2n) is 10.4. The van der Waals surface area contributed by atoms with Crippen molar-refractivity contribution in [3.8, 4) is 0 Å². The standard InChI is InChI=1S/C23H40N10O12/c24-8(5-35)18(42)31-13(19(43)29-9(6-36)20(44)32(1-2-34)12-4-27-22(25)30-12)14(38)10-3-28-23(26)33(10)21-17(41)16(40)15(39)11(7-37)45-21/h2,8-17,21,35-41H,1,3-7,24H2,(H2,26,28)(H,29,43)(H,31,42)(H3,25,27,30)/t8-,9-,10?,11+,12?,13+,14?,15+,16-,17-,21-/m0/s1. The summed E-state index contributed by atoms with van der Waals surface area (Å²) in [7, 11) is 0. The van der Waals surface area contributed by atoms with Crippen LogP contribution < -0.4 is 33.2 Å². The van der Waals surface area contributed by atoms with Gasteiger partial charge in [0.2, 0.25) is 17.7 Å². The fourth-order valence-corrected chi connectivity index (χ4v) is 5.02. The zero-order valence-corrected chi connectivity index (χ0v) is 23.9. The van der Waals surface area contributed by atoms with E-state index in [9.17, 15) is 54.9 Å². The Morgan fingerprint density at radius 2 is 1.73 bits per heavy atom. The molecule has 0 aromatic heterocycles. The summed E-state index contributed by atoms with van der Waals surface area (Å²) in [4.78, 5) is 60.6. The Balaban J connectivity index is 1.89. The molecule has 22 nitrogen and oxygen atoms in total. The number of hydrogen-bond donors (Lipinski definition) is 13. The van der Waals surface area contributed by atoms with Crippen LogP contribution in [0.5, 0.6) is 0 Å². The molecule has 3 unspecified atom stereocenters. The highest BCUT2D eigenvalue weighted by Crippen LogP contribution is 2.28. The van der Waals surface area contributed by atoms with Crippen LogP contribution in [-0.2, 0) is 23.9 Å². The molecule has 0 aromatic rings. The van der Waals surface area contributed by atoms with Crippen molar-refractivity contribution in [2.45, 2.75) is 67.1 Å². The van der Waals surface area contributed by atoms with Crippen LogP contribution in [0, 0.1) is 0 Å². The largest absolute Gasteiger partial charge is 0.394 e. The number of amides is 3. The van der Waals surface area contributed by atoms with Crippen molar-refractivity contribution in [3.05, 3.63) is 0 Å². The number of hydrogen-bond acceptors (Lipinski definition) is 19. The molecule has 0 saturated carbocycles. The lowest BCUT2D eigenvalue weighted by atomic mass is 9.95. The topological polar surface area (TPSA) is 364 Å². The third kappa shape index (κ3) is 7.74. The molecule has 0 radical (unpaired) electrons. The normalized spacial score (nSPS) is 30.7. The molecule has 1 saturated heterocycles. The second-order valence-corrected chi connectivity index (χ2v) is 10.4. The number of nitrogens with two attached hydrogens (primary N) is 3. The summed E-state index contributed by atoms with van der Waals surface area (Å²) in [6.07, 6.45) is -10.9. The molecule has 0 bridgehead atoms. The Labute approximate surface area is 255 Å². The minimum absolute atomic E-state index is 0.0126. The van der Waals surface area contributed by atoms with Gasteiger partial charge in [-0.05, 0) is 0 Å². The van der Waals surface area contributed by atoms with Crippen molar-refractivity contribution in [1.82, 2.24) is 25.8 Å². The Morgan fingerprint density at radius 1 is 1.04 bits per heavy atom. The summed E-state index contributed by atoms with van der Waals surface area (Å²) in [6.45, 7) is -3.51. The van der Waals surface area contributed by atoms with Crippen molar-refractivity contribution in [2.75, 3.05) is 39.5 Å². The van der Waals surface area contributed by atoms with E-state index in [1.54, 1.807) is 0 Å². The van der Waals surface area contributed by atoms with E-state index in [0.717, 1.165) is 9.80 Å². The van der Waals surface area contributed by atoms with Gasteiger partial charge in [0, 0.05) is 0 Å². The zero-order chi connectivity index (χ0) is 33.6. The summed E-state index contributed by atoms with van der Waals surface area (Å²) in [5, 5.41) is 78.5. The zero-order valence-electron chi connectivity index (χ0n) is 23.9. The van der Waals surface area contributed by atoms with Gasteiger partial charge in [-0.1, -0.05) is 0 Å². The molecular weight excluding hydrogens is 608 g/mol. The van der Waals surface area contributed by atoms with Crippen molar-refractivity contribution >= 4 is 35.9 Å². The SMILES string of the molecule is NC1=NCC(N(CC=O)C(=O)[C@H](CO)NC(=O)[C@H](NC(=O)[C@@H](N)CO)C(O)C2CN=C(N)N2[C@H]2O[C@H](CO)[C@@H](O)[C@H](O)[C@@H]2O)N1. The van der Waals surface area contributed by atoms with E-state index in [4.69, 9.17) is 21.9 Å². The van der Waals surface area contributed by atoms with Gasteiger partial charge >= 0.3 is 0 Å². The molecule has 45 heavy (non-hydrogen) atoms. The number of aliphatic imine (C=N–C) groups is 2. The lowest BCUT2D eigenvalue weighted by Gasteiger charge is -2.46. The molecule has 254 valence electrons. The number of carbonyl (C=O) groups is 4. The predicted molar refractivity (Wildman–Crippen MR) is 149 cm³/mol. The van der Waals surface area contributed by atoms with Crippen LogP contribution in [-0.4, -0.2) is 188 Å². The number of aliphatic hydroxyl groups is 7. The van der Waals surface area contributed by atoms with Crippen LogP contribution in [0.2, 0.25) is 0 Å². The van der Waals surface area contributed by atoms with Gasteiger partial charge in [-0.3, -0.25) is 19.4 Å². The van der Waals surface area contributed by atoms with Gasteiger partial charge in [-0.15, -0.1) is 0 Å². The minimum atomic E-state index is -2.00. The van der Waals surface area contributed by atoms with Crippen LogP contribution in [0.3, 0.4) is 0 Å².